The molecule has 0 aliphatic heterocycles. The molecule has 338 valence electrons. The molecule has 0 amide bonds. The van der Waals surface area contributed by atoms with Crippen molar-refractivity contribution in [2.45, 2.75) is 65.7 Å². The lowest BCUT2D eigenvalue weighted by Gasteiger charge is -2.21. The van der Waals surface area contributed by atoms with E-state index in [-0.39, 0.29) is 5.41 Å². The highest BCUT2D eigenvalue weighted by Crippen LogP contribution is 2.42. The summed E-state index contributed by atoms with van der Waals surface area (Å²) in [7, 11) is 0. The van der Waals surface area contributed by atoms with E-state index < -0.39 is 0 Å². The zero-order chi connectivity index (χ0) is 47.4. The molecule has 0 radical (unpaired) electrons. The summed E-state index contributed by atoms with van der Waals surface area (Å²) in [4.78, 5) is 4.96. The minimum Gasteiger partial charge on any atom is -0.457 e. The van der Waals surface area contributed by atoms with Gasteiger partial charge in [0.25, 0.3) is 6.33 Å². The molecule has 0 saturated heterocycles. The van der Waals surface area contributed by atoms with Crippen molar-refractivity contribution >= 4 is 32.8 Å². The van der Waals surface area contributed by atoms with Gasteiger partial charge in [0.2, 0.25) is 0 Å². The predicted molar refractivity (Wildman–Crippen MR) is 287 cm³/mol. The maximum absolute atomic E-state index is 7.18. The summed E-state index contributed by atoms with van der Waals surface area (Å²) in [6.45, 7) is 15.9. The summed E-state index contributed by atoms with van der Waals surface area (Å²) >= 11 is 0. The first kappa shape index (κ1) is 43.5. The van der Waals surface area contributed by atoms with E-state index in [1.54, 1.807) is 0 Å². The zero-order valence-corrected chi connectivity index (χ0v) is 40.5. The summed E-state index contributed by atoms with van der Waals surface area (Å²) in [5.74, 6) is 3.01. The quantitative estimate of drug-likeness (QED) is 0.128. The molecule has 0 saturated carbocycles. The molecule has 3 aromatic heterocycles. The maximum Gasteiger partial charge on any atom is 0.255 e. The molecule has 5 heteroatoms. The van der Waals surface area contributed by atoms with Gasteiger partial charge in [0.1, 0.15) is 28.7 Å². The Hall–Kier alpha value is -8.02. The van der Waals surface area contributed by atoms with Crippen LogP contribution >= 0.6 is 0 Å². The largest absolute Gasteiger partial charge is 0.457 e. The number of hydrogen-bond donors (Lipinski definition) is 0. The lowest BCUT2D eigenvalue weighted by molar-refractivity contribution is -0.567. The van der Waals surface area contributed by atoms with Crippen LogP contribution in [0.2, 0.25) is 0 Å². The van der Waals surface area contributed by atoms with Crippen LogP contribution in [0.25, 0.3) is 83.4 Å². The molecular formula is C64H57N4O+. The second-order valence-corrected chi connectivity index (χ2v) is 19.9. The third-order valence-electron chi connectivity index (χ3n) is 13.6. The van der Waals surface area contributed by atoms with E-state index in [4.69, 9.17) is 9.72 Å². The molecule has 0 aliphatic carbocycles. The van der Waals surface area contributed by atoms with Crippen LogP contribution in [-0.4, -0.2) is 14.1 Å². The van der Waals surface area contributed by atoms with Crippen LogP contribution < -0.4 is 9.30 Å². The molecule has 5 nitrogen and oxygen atoms in total. The molecular weight excluding hydrogens is 841 g/mol. The number of fused-ring (bicyclic) bond motifs is 4. The van der Waals surface area contributed by atoms with Gasteiger partial charge in [0.15, 0.2) is 11.0 Å². The van der Waals surface area contributed by atoms with Crippen molar-refractivity contribution in [2.75, 3.05) is 0 Å². The average Bonchev–Trinajstić information content (AvgIpc) is 3.92. The van der Waals surface area contributed by atoms with Gasteiger partial charge >= 0.3 is 0 Å². The first-order valence-electron chi connectivity index (χ1n) is 24.2. The number of ether oxygens (including phenoxy) is 1. The highest BCUT2D eigenvalue weighted by atomic mass is 16.5. The fourth-order valence-electron chi connectivity index (χ4n) is 10.2. The Morgan fingerprint density at radius 3 is 1.78 bits per heavy atom. The molecule has 3 heterocycles. The summed E-state index contributed by atoms with van der Waals surface area (Å²) < 4.78 is 14.2. The van der Waals surface area contributed by atoms with Gasteiger partial charge in [-0.3, -0.25) is 4.57 Å². The molecule has 0 atom stereocenters. The fraction of sp³-hybridized carbons (Fsp3) is 0.156. The van der Waals surface area contributed by atoms with E-state index >= 15 is 0 Å². The summed E-state index contributed by atoms with van der Waals surface area (Å²) in [5.41, 5.74) is 17.3. The summed E-state index contributed by atoms with van der Waals surface area (Å²) in [5, 5.41) is 2.33. The summed E-state index contributed by atoms with van der Waals surface area (Å²) in [6.07, 6.45) is 4.20. The average molecular weight is 898 g/mol. The van der Waals surface area contributed by atoms with Crippen LogP contribution in [0.5, 0.6) is 11.5 Å². The monoisotopic (exact) mass is 897 g/mol. The second kappa shape index (κ2) is 17.6. The maximum atomic E-state index is 7.18. The van der Waals surface area contributed by atoms with Crippen molar-refractivity contribution in [3.8, 4) is 62.1 Å². The van der Waals surface area contributed by atoms with Gasteiger partial charge < -0.3 is 4.74 Å². The SMILES string of the molecule is CC(C)c1cccc(C(C)C)c1-c1cc(Oc2ccc3c4ccccc4n(-c4cc(C(C)(C)C)ccn4)c3c2)cc(-[n+]2cn(-c3c(-c4ccccc4)cccc3-c3ccccc3)c3ccccc32)c1. The second-order valence-electron chi connectivity index (χ2n) is 19.9. The number of pyridine rings is 1. The topological polar surface area (TPSA) is 35.9 Å². The van der Waals surface area contributed by atoms with Crippen molar-refractivity contribution in [3.63, 3.8) is 0 Å². The predicted octanol–water partition coefficient (Wildman–Crippen LogP) is 16.7. The molecule has 0 spiro atoms. The van der Waals surface area contributed by atoms with E-state index in [9.17, 15) is 0 Å². The van der Waals surface area contributed by atoms with Gasteiger partial charge in [-0.2, -0.15) is 9.13 Å². The number of imidazole rings is 1. The van der Waals surface area contributed by atoms with Crippen LogP contribution in [0.15, 0.2) is 207 Å². The van der Waals surface area contributed by atoms with E-state index in [1.807, 2.05) is 6.20 Å². The van der Waals surface area contributed by atoms with Crippen molar-refractivity contribution in [1.82, 2.24) is 14.1 Å². The standard InChI is InChI=1S/C64H57N4O/c1-42(2)51-25-18-26-52(43(3)4)62(51)46-36-48(39-50(37-46)69-49-32-33-56-55-24-14-15-29-57(55)68(60(56)40-49)61-38-47(34-35-65-61)64(5,6)7)66-41-67(59-31-17-16-30-58(59)66)63-53(44-20-10-8-11-21-44)27-19-28-54(63)45-22-12-9-13-23-45/h8-43H,1-7H3/q+1. The van der Waals surface area contributed by atoms with Crippen molar-refractivity contribution in [1.29, 1.82) is 0 Å². The number of para-hydroxylation sites is 4. The van der Waals surface area contributed by atoms with Crippen molar-refractivity contribution in [2.24, 2.45) is 0 Å². The Bertz CT molecular complexity index is 3600. The van der Waals surface area contributed by atoms with Gasteiger partial charge in [-0.05, 0) is 111 Å². The minimum atomic E-state index is -0.0309. The first-order chi connectivity index (χ1) is 33.5. The Labute approximate surface area is 405 Å². The highest BCUT2D eigenvalue weighted by molar-refractivity contribution is 6.09. The van der Waals surface area contributed by atoms with Gasteiger partial charge in [-0.15, -0.1) is 0 Å². The van der Waals surface area contributed by atoms with Gasteiger partial charge in [-0.25, -0.2) is 4.98 Å². The van der Waals surface area contributed by atoms with Crippen LogP contribution in [0.3, 0.4) is 0 Å². The number of hydrogen-bond acceptors (Lipinski definition) is 2. The zero-order valence-electron chi connectivity index (χ0n) is 40.5. The molecule has 0 fully saturated rings. The number of rotatable bonds is 10. The fourth-order valence-corrected chi connectivity index (χ4v) is 10.2. The molecule has 0 unspecified atom stereocenters. The van der Waals surface area contributed by atoms with E-state index in [0.717, 1.165) is 84.0 Å². The number of aromatic nitrogens is 4. The summed E-state index contributed by atoms with van der Waals surface area (Å²) in [6, 6.07) is 69.9. The van der Waals surface area contributed by atoms with Gasteiger partial charge in [0.05, 0.1) is 11.0 Å². The third kappa shape index (κ3) is 7.98. The normalized spacial score (nSPS) is 12.0. The lowest BCUT2D eigenvalue weighted by Crippen LogP contribution is -2.29. The van der Waals surface area contributed by atoms with E-state index in [2.05, 4.69) is 263 Å². The van der Waals surface area contributed by atoms with Gasteiger partial charge in [0, 0.05) is 40.2 Å². The Morgan fingerprint density at radius 2 is 1.12 bits per heavy atom. The van der Waals surface area contributed by atoms with Crippen LogP contribution in [0.1, 0.15) is 77.0 Å². The Kier molecular flexibility index (Phi) is 11.1. The molecule has 11 aromatic rings. The molecule has 8 aromatic carbocycles. The van der Waals surface area contributed by atoms with Crippen LogP contribution in [0.4, 0.5) is 0 Å². The van der Waals surface area contributed by atoms with Crippen molar-refractivity contribution in [3.05, 3.63) is 223 Å². The smallest absolute Gasteiger partial charge is 0.255 e. The number of benzene rings is 8. The third-order valence-corrected chi connectivity index (χ3v) is 13.6. The lowest BCUT2D eigenvalue weighted by atomic mass is 9.85. The molecule has 69 heavy (non-hydrogen) atoms. The van der Waals surface area contributed by atoms with Crippen LogP contribution in [-0.2, 0) is 5.41 Å². The molecule has 0 N–H and O–H groups in total. The molecule has 0 bridgehead atoms. The Balaban J connectivity index is 1.14. The molecule has 0 aliphatic rings. The minimum absolute atomic E-state index is 0.0309. The van der Waals surface area contributed by atoms with Crippen LogP contribution in [0, 0.1) is 0 Å². The van der Waals surface area contributed by atoms with E-state index in [1.165, 1.54) is 27.6 Å². The Morgan fingerprint density at radius 1 is 0.507 bits per heavy atom. The van der Waals surface area contributed by atoms with Crippen molar-refractivity contribution < 1.29 is 9.30 Å². The van der Waals surface area contributed by atoms with Gasteiger partial charge in [-0.1, -0.05) is 176 Å². The highest BCUT2D eigenvalue weighted by Gasteiger charge is 2.27. The first-order valence-corrected chi connectivity index (χ1v) is 24.2. The van der Waals surface area contributed by atoms with E-state index in [0.29, 0.717) is 11.8 Å². The number of nitrogens with zero attached hydrogens (tertiary/aromatic N) is 4. The molecule has 11 rings (SSSR count).